The van der Waals surface area contributed by atoms with Crippen LogP contribution in [0, 0.1) is 0 Å². The minimum atomic E-state index is 0.187. The Hall–Kier alpha value is -1.34. The molecule has 1 amide bonds. The number of rotatable bonds is 4. The number of carbonyl (C=O) groups excluding carboxylic acids is 1. The summed E-state index contributed by atoms with van der Waals surface area (Å²) in [6.07, 6.45) is 4.69. The Morgan fingerprint density at radius 2 is 1.87 bits per heavy atom. The summed E-state index contributed by atoms with van der Waals surface area (Å²) in [6, 6.07) is 7.88. The second-order valence-corrected chi connectivity index (χ2v) is 7.42. The third kappa shape index (κ3) is 4.57. The van der Waals surface area contributed by atoms with Crippen molar-refractivity contribution in [1.82, 2.24) is 20.1 Å². The molecule has 0 aliphatic carbocycles. The minimum absolute atomic E-state index is 0.187. The molecule has 5 nitrogen and oxygen atoms in total. The lowest BCUT2D eigenvalue weighted by Crippen LogP contribution is -2.33. The van der Waals surface area contributed by atoms with Crippen LogP contribution in [0.15, 0.2) is 33.9 Å². The van der Waals surface area contributed by atoms with Gasteiger partial charge in [-0.3, -0.25) is 9.89 Å². The minimum Gasteiger partial charge on any atom is -0.342 e. The molecular weight excluding hydrogens is 376 g/mol. The van der Waals surface area contributed by atoms with E-state index in [1.165, 1.54) is 24.6 Å². The van der Waals surface area contributed by atoms with E-state index in [9.17, 15) is 4.79 Å². The molecule has 1 aliphatic heterocycles. The molecule has 2 heterocycles. The highest BCUT2D eigenvalue weighted by molar-refractivity contribution is 9.10. The zero-order chi connectivity index (χ0) is 16.1. The zero-order valence-electron chi connectivity index (χ0n) is 12.8. The Labute approximate surface area is 148 Å². The Kier molecular flexibility index (Phi) is 5.72. The van der Waals surface area contributed by atoms with E-state index in [2.05, 4.69) is 31.1 Å². The van der Waals surface area contributed by atoms with Gasteiger partial charge in [0.15, 0.2) is 5.82 Å². The first-order valence-electron chi connectivity index (χ1n) is 7.81. The lowest BCUT2D eigenvalue weighted by molar-refractivity contribution is -0.128. The first kappa shape index (κ1) is 16.5. The van der Waals surface area contributed by atoms with Crippen LogP contribution in [-0.2, 0) is 4.79 Å². The number of thioether (sulfide) groups is 1. The molecular formula is C16H19BrN4OS. The van der Waals surface area contributed by atoms with Crippen LogP contribution in [0.1, 0.15) is 25.7 Å². The molecule has 7 heteroatoms. The fourth-order valence-electron chi connectivity index (χ4n) is 2.59. The van der Waals surface area contributed by atoms with Crippen LogP contribution in [0.3, 0.4) is 0 Å². The summed E-state index contributed by atoms with van der Waals surface area (Å²) in [5, 5.41) is 7.74. The molecule has 1 fully saturated rings. The second kappa shape index (κ2) is 7.97. The number of hydrogen-bond donors (Lipinski definition) is 1. The Morgan fingerprint density at radius 1 is 1.17 bits per heavy atom. The number of nitrogens with one attached hydrogen (secondary N) is 1. The number of amides is 1. The molecule has 2 aromatic rings. The Bertz CT molecular complexity index is 650. The molecule has 0 saturated carbocycles. The van der Waals surface area contributed by atoms with Crippen LogP contribution < -0.4 is 0 Å². The number of aromatic amines is 1. The van der Waals surface area contributed by atoms with Gasteiger partial charge >= 0.3 is 0 Å². The first-order chi connectivity index (χ1) is 11.2. The molecule has 3 rings (SSSR count). The van der Waals surface area contributed by atoms with Crippen LogP contribution in [0.4, 0.5) is 0 Å². The van der Waals surface area contributed by atoms with Crippen LogP contribution in [0.25, 0.3) is 11.4 Å². The van der Waals surface area contributed by atoms with E-state index < -0.39 is 0 Å². The van der Waals surface area contributed by atoms with E-state index in [4.69, 9.17) is 0 Å². The van der Waals surface area contributed by atoms with Crippen molar-refractivity contribution in [1.29, 1.82) is 0 Å². The normalized spacial score (nSPS) is 15.4. The smallest absolute Gasteiger partial charge is 0.233 e. The number of likely N-dealkylation sites (tertiary alicyclic amines) is 1. The van der Waals surface area contributed by atoms with Crippen LogP contribution in [0.2, 0.25) is 0 Å². The highest BCUT2D eigenvalue weighted by atomic mass is 79.9. The average Bonchev–Trinajstić information content (AvgIpc) is 2.86. The summed E-state index contributed by atoms with van der Waals surface area (Å²) in [6.45, 7) is 1.77. The molecule has 1 aromatic carbocycles. The van der Waals surface area contributed by atoms with E-state index in [0.29, 0.717) is 10.9 Å². The molecule has 1 aliphatic rings. The molecule has 0 atom stereocenters. The van der Waals surface area contributed by atoms with E-state index in [-0.39, 0.29) is 5.91 Å². The van der Waals surface area contributed by atoms with Crippen LogP contribution >= 0.6 is 27.7 Å². The average molecular weight is 395 g/mol. The van der Waals surface area contributed by atoms with Crippen molar-refractivity contribution in [3.05, 3.63) is 28.7 Å². The predicted octanol–water partition coefficient (Wildman–Crippen LogP) is 3.73. The van der Waals surface area contributed by atoms with Gasteiger partial charge in [0.1, 0.15) is 0 Å². The number of halogens is 1. The van der Waals surface area contributed by atoms with Gasteiger partial charge in [0.05, 0.1) is 5.75 Å². The molecule has 0 unspecified atom stereocenters. The number of hydrogen-bond acceptors (Lipinski definition) is 4. The number of aromatic nitrogens is 3. The van der Waals surface area contributed by atoms with E-state index in [1.807, 2.05) is 29.2 Å². The summed E-state index contributed by atoms with van der Waals surface area (Å²) >= 11 is 4.81. The molecule has 0 bridgehead atoms. The number of carbonyl (C=O) groups is 1. The van der Waals surface area contributed by atoms with Crippen molar-refractivity contribution in [2.24, 2.45) is 0 Å². The highest BCUT2D eigenvalue weighted by Crippen LogP contribution is 2.21. The Balaban J connectivity index is 1.56. The third-order valence-corrected chi connectivity index (χ3v) is 5.23. The second-order valence-electron chi connectivity index (χ2n) is 5.56. The molecule has 122 valence electrons. The zero-order valence-corrected chi connectivity index (χ0v) is 15.2. The number of H-pyrrole nitrogens is 1. The van der Waals surface area contributed by atoms with Crippen molar-refractivity contribution in [3.8, 4) is 11.4 Å². The largest absolute Gasteiger partial charge is 0.342 e. The van der Waals surface area contributed by atoms with Gasteiger partial charge in [-0.2, -0.15) is 0 Å². The summed E-state index contributed by atoms with van der Waals surface area (Å²) in [4.78, 5) is 18.7. The van der Waals surface area contributed by atoms with Gasteiger partial charge in [0.2, 0.25) is 11.1 Å². The maximum Gasteiger partial charge on any atom is 0.233 e. The number of benzene rings is 1. The maximum atomic E-state index is 12.3. The van der Waals surface area contributed by atoms with Gasteiger partial charge in [-0.25, -0.2) is 4.98 Å². The predicted molar refractivity (Wildman–Crippen MR) is 95.3 cm³/mol. The van der Waals surface area contributed by atoms with Crippen molar-refractivity contribution >= 4 is 33.6 Å². The number of nitrogens with zero attached hydrogens (tertiary/aromatic N) is 3. The first-order valence-corrected chi connectivity index (χ1v) is 9.59. The maximum absolute atomic E-state index is 12.3. The summed E-state index contributed by atoms with van der Waals surface area (Å²) < 4.78 is 1.03. The van der Waals surface area contributed by atoms with Gasteiger partial charge < -0.3 is 4.90 Å². The van der Waals surface area contributed by atoms with Gasteiger partial charge in [-0.15, -0.1) is 5.10 Å². The van der Waals surface area contributed by atoms with E-state index >= 15 is 0 Å². The van der Waals surface area contributed by atoms with Crippen LogP contribution in [0.5, 0.6) is 0 Å². The van der Waals surface area contributed by atoms with Gasteiger partial charge in [0.25, 0.3) is 0 Å². The van der Waals surface area contributed by atoms with Crippen molar-refractivity contribution in [2.75, 3.05) is 18.8 Å². The molecule has 23 heavy (non-hydrogen) atoms. The van der Waals surface area contributed by atoms with Crippen molar-refractivity contribution in [3.63, 3.8) is 0 Å². The van der Waals surface area contributed by atoms with Crippen molar-refractivity contribution < 1.29 is 4.79 Å². The summed E-state index contributed by atoms with van der Waals surface area (Å²) in [7, 11) is 0. The van der Waals surface area contributed by atoms with E-state index in [0.717, 1.165) is 41.8 Å². The fraction of sp³-hybridized carbons (Fsp3) is 0.438. The topological polar surface area (TPSA) is 61.9 Å². The van der Waals surface area contributed by atoms with Crippen LogP contribution in [-0.4, -0.2) is 44.8 Å². The lowest BCUT2D eigenvalue weighted by Gasteiger charge is -2.19. The SMILES string of the molecule is O=C(CSc1n[nH]c(-c2ccc(Br)cc2)n1)N1CCCCCC1. The van der Waals surface area contributed by atoms with Gasteiger partial charge in [-0.05, 0) is 25.0 Å². The molecule has 1 aromatic heterocycles. The molecule has 0 spiro atoms. The molecule has 1 N–H and O–H groups in total. The standard InChI is InChI=1S/C16H19BrN4OS/c17-13-7-5-12(6-8-13)15-18-16(20-19-15)23-11-14(22)21-9-3-1-2-4-10-21/h5-8H,1-4,9-11H2,(H,18,19,20). The summed E-state index contributed by atoms with van der Waals surface area (Å²) in [5.41, 5.74) is 0.978. The lowest BCUT2D eigenvalue weighted by atomic mass is 10.2. The fourth-order valence-corrected chi connectivity index (χ4v) is 3.55. The Morgan fingerprint density at radius 3 is 2.57 bits per heavy atom. The van der Waals surface area contributed by atoms with Gasteiger partial charge in [-0.1, -0.05) is 52.7 Å². The van der Waals surface area contributed by atoms with Crippen molar-refractivity contribution in [2.45, 2.75) is 30.8 Å². The molecule has 0 radical (unpaired) electrons. The third-order valence-electron chi connectivity index (χ3n) is 3.87. The molecule has 1 saturated heterocycles. The quantitative estimate of drug-likeness (QED) is 0.802. The monoisotopic (exact) mass is 394 g/mol. The van der Waals surface area contributed by atoms with E-state index in [1.54, 1.807) is 0 Å². The summed E-state index contributed by atoms with van der Waals surface area (Å²) in [5.74, 6) is 1.31. The van der Waals surface area contributed by atoms with Gasteiger partial charge in [0, 0.05) is 23.1 Å². The highest BCUT2D eigenvalue weighted by Gasteiger charge is 2.16.